The van der Waals surface area contributed by atoms with Gasteiger partial charge >= 0.3 is 5.97 Å². The lowest BCUT2D eigenvalue weighted by molar-refractivity contribution is -0.139. The Morgan fingerprint density at radius 2 is 1.81 bits per heavy atom. The van der Waals surface area contributed by atoms with E-state index in [1.165, 1.54) is 7.11 Å². The number of phenols is 1. The summed E-state index contributed by atoms with van der Waals surface area (Å²) in [4.78, 5) is 11.4. The molecule has 0 heterocycles. The van der Waals surface area contributed by atoms with Crippen molar-refractivity contribution in [1.82, 2.24) is 5.32 Å². The van der Waals surface area contributed by atoms with Crippen molar-refractivity contribution in [3.8, 4) is 5.75 Å². The van der Waals surface area contributed by atoms with Crippen LogP contribution in [0.3, 0.4) is 0 Å². The van der Waals surface area contributed by atoms with Gasteiger partial charge in [0.05, 0.1) is 19.6 Å². The Labute approximate surface area is 154 Å². The summed E-state index contributed by atoms with van der Waals surface area (Å²) in [6.45, 7) is 4.55. The van der Waals surface area contributed by atoms with Crippen molar-refractivity contribution in [1.29, 1.82) is 0 Å². The fraction of sp³-hybridized carbons (Fsp3) is 0.381. The molecule has 0 saturated heterocycles. The van der Waals surface area contributed by atoms with E-state index in [4.69, 9.17) is 4.74 Å². The van der Waals surface area contributed by atoms with Gasteiger partial charge in [0, 0.05) is 12.1 Å². The monoisotopic (exact) mass is 357 g/mol. The molecule has 0 fully saturated rings. The zero-order valence-corrected chi connectivity index (χ0v) is 15.5. The topological polar surface area (TPSA) is 78.8 Å². The number of rotatable bonds is 8. The molecule has 26 heavy (non-hydrogen) atoms. The highest BCUT2D eigenvalue weighted by atomic mass is 16.5. The third-order valence-corrected chi connectivity index (χ3v) is 4.27. The number of methoxy groups -OCH3 is 1. The molecule has 3 N–H and O–H groups in total. The maximum Gasteiger partial charge on any atom is 0.309 e. The van der Waals surface area contributed by atoms with Crippen LogP contribution in [0.5, 0.6) is 5.75 Å². The van der Waals surface area contributed by atoms with E-state index in [1.54, 1.807) is 24.3 Å². The molecule has 1 atom stereocenters. The van der Waals surface area contributed by atoms with Gasteiger partial charge in [-0.25, -0.2) is 0 Å². The van der Waals surface area contributed by atoms with Gasteiger partial charge < -0.3 is 20.3 Å². The Morgan fingerprint density at radius 1 is 1.15 bits per heavy atom. The fourth-order valence-electron chi connectivity index (χ4n) is 2.85. The summed E-state index contributed by atoms with van der Waals surface area (Å²) >= 11 is 0. The molecule has 0 spiro atoms. The summed E-state index contributed by atoms with van der Waals surface area (Å²) in [7, 11) is 1.39. The molecule has 2 aromatic carbocycles. The minimum absolute atomic E-state index is 0.182. The molecule has 0 aliphatic rings. The van der Waals surface area contributed by atoms with Crippen LogP contribution in [0.2, 0.25) is 0 Å². The zero-order valence-electron chi connectivity index (χ0n) is 15.5. The van der Waals surface area contributed by atoms with Crippen molar-refractivity contribution >= 4 is 5.97 Å². The third kappa shape index (κ3) is 6.17. The minimum atomic E-state index is -0.652. The van der Waals surface area contributed by atoms with Gasteiger partial charge in [-0.3, -0.25) is 4.79 Å². The van der Waals surface area contributed by atoms with Crippen LogP contribution in [0, 0.1) is 0 Å². The van der Waals surface area contributed by atoms with Crippen molar-refractivity contribution in [3.05, 3.63) is 65.2 Å². The number of ether oxygens (including phenoxy) is 1. The van der Waals surface area contributed by atoms with E-state index >= 15 is 0 Å². The Balaban J connectivity index is 1.94. The van der Waals surface area contributed by atoms with Crippen molar-refractivity contribution in [2.75, 3.05) is 13.7 Å². The molecule has 0 radical (unpaired) electrons. The molecule has 5 nitrogen and oxygen atoms in total. The van der Waals surface area contributed by atoms with E-state index in [0.29, 0.717) is 6.54 Å². The SMILES string of the molecule is COC(=O)Cc1cccc(CC(C)(C)NCC(O)c2ccc(O)cc2)c1. The number of hydrogen-bond donors (Lipinski definition) is 3. The van der Waals surface area contributed by atoms with Crippen LogP contribution in [0.15, 0.2) is 48.5 Å². The van der Waals surface area contributed by atoms with E-state index in [2.05, 4.69) is 19.2 Å². The van der Waals surface area contributed by atoms with Gasteiger partial charge in [0.25, 0.3) is 0 Å². The van der Waals surface area contributed by atoms with E-state index in [9.17, 15) is 15.0 Å². The van der Waals surface area contributed by atoms with Gasteiger partial charge in [-0.05, 0) is 49.1 Å². The Hall–Kier alpha value is -2.37. The first-order valence-corrected chi connectivity index (χ1v) is 8.66. The zero-order chi connectivity index (χ0) is 19.2. The first-order chi connectivity index (χ1) is 12.3. The molecule has 2 rings (SSSR count). The van der Waals surface area contributed by atoms with Gasteiger partial charge in [-0.1, -0.05) is 36.4 Å². The molecule has 0 saturated carbocycles. The first-order valence-electron chi connectivity index (χ1n) is 8.66. The second kappa shape index (κ2) is 8.83. The fourth-order valence-corrected chi connectivity index (χ4v) is 2.85. The lowest BCUT2D eigenvalue weighted by Crippen LogP contribution is -2.43. The molecule has 5 heteroatoms. The molecular weight excluding hydrogens is 330 g/mol. The normalized spacial score (nSPS) is 12.6. The maximum atomic E-state index is 11.4. The molecule has 0 aromatic heterocycles. The van der Waals surface area contributed by atoms with Crippen LogP contribution in [-0.4, -0.2) is 35.4 Å². The number of phenolic OH excluding ortho intramolecular Hbond substituents is 1. The standard InChI is InChI=1S/C21H27NO4/c1-21(2,22-14-19(24)17-7-9-18(23)10-8-17)13-16-6-4-5-15(11-16)12-20(25)26-3/h4-11,19,22-24H,12-14H2,1-3H3. The average molecular weight is 357 g/mol. The van der Waals surface area contributed by atoms with Gasteiger partial charge in [-0.2, -0.15) is 0 Å². The van der Waals surface area contributed by atoms with Gasteiger partial charge in [0.1, 0.15) is 5.75 Å². The van der Waals surface area contributed by atoms with Crippen LogP contribution in [0.1, 0.15) is 36.6 Å². The Bertz CT molecular complexity index is 725. The van der Waals surface area contributed by atoms with E-state index in [0.717, 1.165) is 23.1 Å². The summed E-state index contributed by atoms with van der Waals surface area (Å²) in [5, 5.41) is 23.0. The van der Waals surface area contributed by atoms with E-state index < -0.39 is 6.10 Å². The highest BCUT2D eigenvalue weighted by Crippen LogP contribution is 2.19. The summed E-state index contributed by atoms with van der Waals surface area (Å²) in [6, 6.07) is 14.4. The van der Waals surface area contributed by atoms with E-state index in [-0.39, 0.29) is 23.7 Å². The number of benzene rings is 2. The highest BCUT2D eigenvalue weighted by molar-refractivity contribution is 5.72. The lowest BCUT2D eigenvalue weighted by Gasteiger charge is -2.28. The molecule has 0 aliphatic heterocycles. The summed E-state index contributed by atoms with van der Waals surface area (Å²) in [5.74, 6) is -0.0716. The largest absolute Gasteiger partial charge is 0.508 e. The van der Waals surface area contributed by atoms with Gasteiger partial charge in [-0.15, -0.1) is 0 Å². The van der Waals surface area contributed by atoms with E-state index in [1.807, 2.05) is 24.3 Å². The predicted octanol–water partition coefficient (Wildman–Crippen LogP) is 2.75. The van der Waals surface area contributed by atoms with Crippen LogP contribution >= 0.6 is 0 Å². The number of carbonyl (C=O) groups is 1. The number of hydrogen-bond acceptors (Lipinski definition) is 5. The second-order valence-corrected chi connectivity index (χ2v) is 7.12. The van der Waals surface area contributed by atoms with Gasteiger partial charge in [0.2, 0.25) is 0 Å². The number of nitrogens with one attached hydrogen (secondary N) is 1. The summed E-state index contributed by atoms with van der Waals surface area (Å²) in [6.07, 6.45) is 0.364. The quantitative estimate of drug-likeness (QED) is 0.633. The predicted molar refractivity (Wildman–Crippen MR) is 101 cm³/mol. The third-order valence-electron chi connectivity index (χ3n) is 4.27. The van der Waals surface area contributed by atoms with Crippen molar-refractivity contribution in [2.24, 2.45) is 0 Å². The molecule has 1 unspecified atom stereocenters. The molecular formula is C21H27NO4. The minimum Gasteiger partial charge on any atom is -0.508 e. The van der Waals surface area contributed by atoms with Crippen LogP contribution < -0.4 is 5.32 Å². The molecule has 0 bridgehead atoms. The van der Waals surface area contributed by atoms with Gasteiger partial charge in [0.15, 0.2) is 0 Å². The summed E-state index contributed by atoms with van der Waals surface area (Å²) in [5.41, 5.74) is 2.56. The van der Waals surface area contributed by atoms with Crippen LogP contribution in [0.25, 0.3) is 0 Å². The maximum absolute atomic E-state index is 11.4. The number of aliphatic hydroxyl groups excluding tert-OH is 1. The van der Waals surface area contributed by atoms with Crippen molar-refractivity contribution in [2.45, 2.75) is 38.3 Å². The van der Waals surface area contributed by atoms with Crippen LogP contribution in [0.4, 0.5) is 0 Å². The molecule has 2 aromatic rings. The number of aliphatic hydroxyl groups is 1. The Kier molecular flexibility index (Phi) is 6.77. The summed E-state index contributed by atoms with van der Waals surface area (Å²) < 4.78 is 4.71. The number of esters is 1. The first kappa shape index (κ1) is 19.9. The smallest absolute Gasteiger partial charge is 0.309 e. The number of carbonyl (C=O) groups excluding carboxylic acids is 1. The number of β-amino-alcohol motifs (C(OH)–C–C–N with tert-alkyl or cyclic N) is 1. The number of aromatic hydroxyl groups is 1. The highest BCUT2D eigenvalue weighted by Gasteiger charge is 2.20. The molecule has 0 amide bonds. The lowest BCUT2D eigenvalue weighted by atomic mass is 9.93. The molecule has 140 valence electrons. The average Bonchev–Trinajstić information content (AvgIpc) is 2.60. The molecule has 0 aliphatic carbocycles. The van der Waals surface area contributed by atoms with Crippen LogP contribution in [-0.2, 0) is 22.4 Å². The Morgan fingerprint density at radius 3 is 2.46 bits per heavy atom. The second-order valence-electron chi connectivity index (χ2n) is 7.12. The van der Waals surface area contributed by atoms with Crippen molar-refractivity contribution < 1.29 is 19.7 Å². The van der Waals surface area contributed by atoms with Crippen molar-refractivity contribution in [3.63, 3.8) is 0 Å².